The molecule has 1 fully saturated rings. The van der Waals surface area contributed by atoms with E-state index in [1.54, 1.807) is 24.3 Å². The van der Waals surface area contributed by atoms with Gasteiger partial charge < -0.3 is 10.6 Å². The number of nitrogens with two attached hydrogens (primary N) is 1. The molecule has 5 heteroatoms. The highest BCUT2D eigenvalue weighted by molar-refractivity contribution is 5.95. The fraction of sp³-hybridized carbons (Fsp3) is 0.267. The number of nitrogens with zero attached hydrogens (tertiary/aromatic N) is 1. The molecule has 1 heterocycles. The van der Waals surface area contributed by atoms with Crippen molar-refractivity contribution in [2.24, 2.45) is 5.73 Å². The normalized spacial score (nSPS) is 20.9. The summed E-state index contributed by atoms with van der Waals surface area (Å²) in [6.45, 7) is 5.38. The fourth-order valence-corrected chi connectivity index (χ4v) is 2.53. The van der Waals surface area contributed by atoms with E-state index < -0.39 is 11.9 Å². The average molecular weight is 272 g/mol. The second-order valence-corrected chi connectivity index (χ2v) is 4.84. The second-order valence-electron chi connectivity index (χ2n) is 4.84. The predicted molar refractivity (Wildman–Crippen MR) is 74.1 cm³/mol. The fourth-order valence-electron chi connectivity index (χ4n) is 2.53. The predicted octanol–water partition coefficient (Wildman–Crippen LogP) is 0.855. The minimum Gasteiger partial charge on any atom is -0.366 e. The maximum absolute atomic E-state index is 11.7. The Kier molecular flexibility index (Phi) is 3.70. The zero-order valence-corrected chi connectivity index (χ0v) is 11.2. The number of carbonyl (C=O) groups is 3. The molecule has 1 aliphatic rings. The number of hydrogen-bond acceptors (Lipinski definition) is 3. The summed E-state index contributed by atoms with van der Waals surface area (Å²) in [6, 6.07) is 6.35. The number of carbonyl (C=O) groups excluding carboxylic acids is 3. The highest BCUT2D eigenvalue weighted by Gasteiger charge is 2.44. The van der Waals surface area contributed by atoms with Gasteiger partial charge in [-0.1, -0.05) is 18.7 Å². The summed E-state index contributed by atoms with van der Waals surface area (Å²) < 4.78 is 0. The largest absolute Gasteiger partial charge is 0.366 e. The van der Waals surface area contributed by atoms with E-state index in [0.29, 0.717) is 12.1 Å². The minimum absolute atomic E-state index is 0.0432. The molecule has 2 amide bonds. The lowest BCUT2D eigenvalue weighted by molar-refractivity contribution is -0.143. The molecule has 104 valence electrons. The minimum atomic E-state index is -0.489. The van der Waals surface area contributed by atoms with Gasteiger partial charge in [0.2, 0.25) is 11.8 Å². The van der Waals surface area contributed by atoms with Crippen molar-refractivity contribution in [1.29, 1.82) is 0 Å². The highest BCUT2D eigenvalue weighted by atomic mass is 16.2. The Morgan fingerprint density at radius 3 is 2.35 bits per heavy atom. The number of hydrogen-bond donors (Lipinski definition) is 1. The number of Topliss-reactive ketones (excluding diaryl/α,β-unsaturated/α-hetero) is 1. The van der Waals surface area contributed by atoms with Crippen LogP contribution in [0.15, 0.2) is 36.9 Å². The van der Waals surface area contributed by atoms with E-state index >= 15 is 0 Å². The van der Waals surface area contributed by atoms with Crippen molar-refractivity contribution in [3.8, 4) is 0 Å². The first-order valence-electron chi connectivity index (χ1n) is 6.29. The Hall–Kier alpha value is -2.43. The molecule has 20 heavy (non-hydrogen) atoms. The van der Waals surface area contributed by atoms with Crippen LogP contribution in [0.25, 0.3) is 0 Å². The third-order valence-corrected chi connectivity index (χ3v) is 3.61. The van der Waals surface area contributed by atoms with Crippen LogP contribution in [0.1, 0.15) is 28.8 Å². The van der Waals surface area contributed by atoms with Gasteiger partial charge in [0.1, 0.15) is 0 Å². The summed E-state index contributed by atoms with van der Waals surface area (Å²) >= 11 is 0. The van der Waals surface area contributed by atoms with E-state index in [2.05, 4.69) is 6.58 Å². The lowest BCUT2D eigenvalue weighted by atomic mass is 9.80. The van der Waals surface area contributed by atoms with Crippen molar-refractivity contribution < 1.29 is 14.4 Å². The molecule has 0 radical (unpaired) electrons. The van der Waals surface area contributed by atoms with Gasteiger partial charge in [-0.05, 0) is 30.7 Å². The molecule has 0 bridgehead atoms. The molecule has 5 nitrogen and oxygen atoms in total. The quantitative estimate of drug-likeness (QED) is 0.825. The number of ketones is 1. The summed E-state index contributed by atoms with van der Waals surface area (Å²) in [4.78, 5) is 35.9. The van der Waals surface area contributed by atoms with Crippen LogP contribution in [0.4, 0.5) is 0 Å². The summed E-state index contributed by atoms with van der Waals surface area (Å²) in [7, 11) is 0. The topological polar surface area (TPSA) is 80.5 Å². The van der Waals surface area contributed by atoms with Gasteiger partial charge in [0.25, 0.3) is 0 Å². The zero-order chi connectivity index (χ0) is 14.9. The Balaban J connectivity index is 2.21. The molecule has 2 N–H and O–H groups in total. The molecule has 2 rings (SSSR count). The number of rotatable bonds is 4. The van der Waals surface area contributed by atoms with E-state index in [4.69, 9.17) is 5.73 Å². The first-order valence-corrected chi connectivity index (χ1v) is 6.29. The first kappa shape index (κ1) is 14.0. The molecule has 0 aliphatic carbocycles. The molecule has 1 aromatic carbocycles. The maximum atomic E-state index is 11.7. The van der Waals surface area contributed by atoms with Gasteiger partial charge in [0.05, 0.1) is 6.04 Å². The Morgan fingerprint density at radius 1 is 1.30 bits per heavy atom. The molecule has 2 atom stereocenters. The number of primary amides is 1. The lowest BCUT2D eigenvalue weighted by Gasteiger charge is -2.46. The number of amides is 2. The Labute approximate surface area is 117 Å². The monoisotopic (exact) mass is 272 g/mol. The standard InChI is InChI=1S/C15H16N2O3/c1-3-13(19)17-8-12(14(17)9(2)18)10-4-6-11(7-5-10)15(16)20/h3-7,12,14H,1,8H2,2H3,(H2,16,20). The van der Waals surface area contributed by atoms with Crippen LogP contribution in [0.2, 0.25) is 0 Å². The van der Waals surface area contributed by atoms with Crippen LogP contribution in [0.3, 0.4) is 0 Å². The molecule has 1 aliphatic heterocycles. The molecule has 2 unspecified atom stereocenters. The average Bonchev–Trinajstić information content (AvgIpc) is 2.37. The third kappa shape index (κ3) is 2.34. The molecule has 1 aromatic rings. The third-order valence-electron chi connectivity index (χ3n) is 3.61. The van der Waals surface area contributed by atoms with E-state index in [0.717, 1.165) is 5.56 Å². The van der Waals surface area contributed by atoms with Gasteiger partial charge in [-0.25, -0.2) is 0 Å². The van der Waals surface area contributed by atoms with E-state index in [9.17, 15) is 14.4 Å². The van der Waals surface area contributed by atoms with Crippen LogP contribution in [-0.4, -0.2) is 35.1 Å². The number of likely N-dealkylation sites (tertiary alicyclic amines) is 1. The van der Waals surface area contributed by atoms with Crippen molar-refractivity contribution in [2.75, 3.05) is 6.54 Å². The lowest BCUT2D eigenvalue weighted by Crippen LogP contribution is -2.59. The van der Waals surface area contributed by atoms with Crippen LogP contribution < -0.4 is 5.73 Å². The zero-order valence-electron chi connectivity index (χ0n) is 11.2. The molecule has 0 saturated carbocycles. The molecule has 0 spiro atoms. The SMILES string of the molecule is C=CC(=O)N1CC(c2ccc(C(N)=O)cc2)C1C(C)=O. The van der Waals surface area contributed by atoms with E-state index in [-0.39, 0.29) is 17.6 Å². The molecular weight excluding hydrogens is 256 g/mol. The summed E-state index contributed by atoms with van der Waals surface area (Å²) in [5.74, 6) is -0.833. The molecule has 1 saturated heterocycles. The van der Waals surface area contributed by atoms with Gasteiger partial charge in [0.15, 0.2) is 5.78 Å². The van der Waals surface area contributed by atoms with Crippen LogP contribution in [0, 0.1) is 0 Å². The van der Waals surface area contributed by atoms with E-state index in [1.165, 1.54) is 17.9 Å². The first-order chi connectivity index (χ1) is 9.45. The van der Waals surface area contributed by atoms with Crippen LogP contribution in [0.5, 0.6) is 0 Å². The van der Waals surface area contributed by atoms with Gasteiger partial charge in [-0.3, -0.25) is 14.4 Å². The molecular formula is C15H16N2O3. The highest BCUT2D eigenvalue weighted by Crippen LogP contribution is 2.35. The van der Waals surface area contributed by atoms with Crippen molar-refractivity contribution in [1.82, 2.24) is 4.90 Å². The van der Waals surface area contributed by atoms with Gasteiger partial charge in [-0.2, -0.15) is 0 Å². The van der Waals surface area contributed by atoms with Crippen LogP contribution >= 0.6 is 0 Å². The Morgan fingerprint density at radius 2 is 1.90 bits per heavy atom. The van der Waals surface area contributed by atoms with Crippen molar-refractivity contribution >= 4 is 17.6 Å². The second kappa shape index (κ2) is 5.28. The van der Waals surface area contributed by atoms with Gasteiger partial charge in [0, 0.05) is 18.0 Å². The smallest absolute Gasteiger partial charge is 0.248 e. The van der Waals surface area contributed by atoms with Gasteiger partial charge in [-0.15, -0.1) is 0 Å². The molecule has 0 aromatic heterocycles. The van der Waals surface area contributed by atoms with Crippen LogP contribution in [-0.2, 0) is 9.59 Å². The Bertz CT molecular complexity index is 577. The number of benzene rings is 1. The summed E-state index contributed by atoms with van der Waals surface area (Å²) in [5, 5.41) is 0. The summed E-state index contributed by atoms with van der Waals surface area (Å²) in [5.41, 5.74) is 6.53. The van der Waals surface area contributed by atoms with E-state index in [1.807, 2.05) is 0 Å². The summed E-state index contributed by atoms with van der Waals surface area (Å²) in [6.07, 6.45) is 1.21. The van der Waals surface area contributed by atoms with Gasteiger partial charge >= 0.3 is 0 Å². The maximum Gasteiger partial charge on any atom is 0.248 e. The van der Waals surface area contributed by atoms with Crippen molar-refractivity contribution in [3.63, 3.8) is 0 Å². The van der Waals surface area contributed by atoms with Crippen molar-refractivity contribution in [2.45, 2.75) is 18.9 Å². The van der Waals surface area contributed by atoms with Crippen molar-refractivity contribution in [3.05, 3.63) is 48.0 Å².